The standard InChI is InChI=1S/C15H12BrClFNO/c16-14-7-12(18)4-5-13(14)15(20)19-9-11-3-1-2-10(6-11)8-17/h1-7H,8-9H2,(H,19,20). The fraction of sp³-hybridized carbons (Fsp3) is 0.133. The largest absolute Gasteiger partial charge is 0.348 e. The van der Waals surface area contributed by atoms with Crippen molar-refractivity contribution >= 4 is 33.4 Å². The Kier molecular flexibility index (Phi) is 5.15. The Hall–Kier alpha value is -1.39. The van der Waals surface area contributed by atoms with Gasteiger partial charge in [-0.1, -0.05) is 24.3 Å². The van der Waals surface area contributed by atoms with Gasteiger partial charge in [0, 0.05) is 16.9 Å². The third-order valence-corrected chi connectivity index (χ3v) is 3.74. The molecule has 104 valence electrons. The molecule has 0 spiro atoms. The molecule has 5 heteroatoms. The van der Waals surface area contributed by atoms with Crippen LogP contribution in [0.1, 0.15) is 21.5 Å². The van der Waals surface area contributed by atoms with Crippen LogP contribution in [0.3, 0.4) is 0 Å². The summed E-state index contributed by atoms with van der Waals surface area (Å²) in [7, 11) is 0. The number of alkyl halides is 1. The van der Waals surface area contributed by atoms with Crippen LogP contribution in [0.25, 0.3) is 0 Å². The Balaban J connectivity index is 2.04. The lowest BCUT2D eigenvalue weighted by Crippen LogP contribution is -2.23. The van der Waals surface area contributed by atoms with Crippen LogP contribution in [-0.2, 0) is 12.4 Å². The molecule has 2 rings (SSSR count). The van der Waals surface area contributed by atoms with Crippen LogP contribution in [0.5, 0.6) is 0 Å². The molecule has 2 aromatic carbocycles. The molecule has 0 bridgehead atoms. The van der Waals surface area contributed by atoms with Crippen molar-refractivity contribution in [2.45, 2.75) is 12.4 Å². The Morgan fingerprint density at radius 3 is 2.65 bits per heavy atom. The molecule has 2 aromatic rings. The summed E-state index contributed by atoms with van der Waals surface area (Å²) in [5, 5.41) is 2.79. The molecule has 1 N–H and O–H groups in total. The van der Waals surface area contributed by atoms with E-state index in [4.69, 9.17) is 11.6 Å². The first-order valence-electron chi connectivity index (χ1n) is 5.97. The quantitative estimate of drug-likeness (QED) is 0.815. The van der Waals surface area contributed by atoms with E-state index in [0.717, 1.165) is 11.1 Å². The van der Waals surface area contributed by atoms with Crippen molar-refractivity contribution in [1.29, 1.82) is 0 Å². The number of benzene rings is 2. The molecule has 0 radical (unpaired) electrons. The zero-order valence-electron chi connectivity index (χ0n) is 10.5. The van der Waals surface area contributed by atoms with E-state index < -0.39 is 0 Å². The number of carbonyl (C=O) groups is 1. The van der Waals surface area contributed by atoms with E-state index in [1.807, 2.05) is 24.3 Å². The molecule has 0 saturated heterocycles. The average Bonchev–Trinajstić information content (AvgIpc) is 2.45. The molecule has 0 aliphatic heterocycles. The lowest BCUT2D eigenvalue weighted by atomic mass is 10.1. The first-order valence-corrected chi connectivity index (χ1v) is 7.30. The smallest absolute Gasteiger partial charge is 0.252 e. The zero-order valence-corrected chi connectivity index (χ0v) is 12.8. The summed E-state index contributed by atoms with van der Waals surface area (Å²) >= 11 is 8.94. The molecule has 0 fully saturated rings. The van der Waals surface area contributed by atoms with Crippen LogP contribution in [0.4, 0.5) is 4.39 Å². The highest BCUT2D eigenvalue weighted by atomic mass is 79.9. The molecule has 0 atom stereocenters. The van der Waals surface area contributed by atoms with E-state index in [-0.39, 0.29) is 11.7 Å². The van der Waals surface area contributed by atoms with Gasteiger partial charge >= 0.3 is 0 Å². The summed E-state index contributed by atoms with van der Waals surface area (Å²) in [5.41, 5.74) is 2.37. The van der Waals surface area contributed by atoms with Crippen molar-refractivity contribution in [2.75, 3.05) is 0 Å². The Bertz CT molecular complexity index is 633. The maximum absolute atomic E-state index is 13.0. The second-order valence-corrected chi connectivity index (χ2v) is 5.38. The number of halogens is 3. The van der Waals surface area contributed by atoms with E-state index in [9.17, 15) is 9.18 Å². The molecular formula is C15H12BrClFNO. The fourth-order valence-corrected chi connectivity index (χ4v) is 2.47. The van der Waals surface area contributed by atoms with Gasteiger partial charge in [-0.15, -0.1) is 11.6 Å². The average molecular weight is 357 g/mol. The van der Waals surface area contributed by atoms with Gasteiger partial charge in [0.05, 0.1) is 5.56 Å². The van der Waals surface area contributed by atoms with Crippen LogP contribution in [0.2, 0.25) is 0 Å². The minimum atomic E-state index is -0.386. The van der Waals surface area contributed by atoms with Gasteiger partial charge in [-0.25, -0.2) is 4.39 Å². The van der Waals surface area contributed by atoms with Gasteiger partial charge < -0.3 is 5.32 Å². The van der Waals surface area contributed by atoms with E-state index in [0.29, 0.717) is 22.5 Å². The molecule has 0 unspecified atom stereocenters. The third kappa shape index (κ3) is 3.81. The first-order chi connectivity index (χ1) is 9.60. The van der Waals surface area contributed by atoms with Crippen molar-refractivity contribution in [1.82, 2.24) is 5.32 Å². The number of carbonyl (C=O) groups excluding carboxylic acids is 1. The van der Waals surface area contributed by atoms with Crippen LogP contribution < -0.4 is 5.32 Å². The van der Waals surface area contributed by atoms with E-state index in [1.165, 1.54) is 18.2 Å². The molecule has 0 aliphatic carbocycles. The summed E-state index contributed by atoms with van der Waals surface area (Å²) < 4.78 is 13.4. The van der Waals surface area contributed by atoms with Gasteiger partial charge in [0.2, 0.25) is 0 Å². The fourth-order valence-electron chi connectivity index (χ4n) is 1.77. The molecule has 0 aromatic heterocycles. The van der Waals surface area contributed by atoms with Crippen LogP contribution in [-0.4, -0.2) is 5.91 Å². The number of amides is 1. The Morgan fingerprint density at radius 2 is 1.95 bits per heavy atom. The number of rotatable bonds is 4. The van der Waals surface area contributed by atoms with Crippen LogP contribution in [0.15, 0.2) is 46.9 Å². The van der Waals surface area contributed by atoms with Crippen LogP contribution >= 0.6 is 27.5 Å². The highest BCUT2D eigenvalue weighted by Crippen LogP contribution is 2.18. The summed E-state index contributed by atoms with van der Waals surface area (Å²) in [6.07, 6.45) is 0. The molecule has 1 amide bonds. The summed E-state index contributed by atoms with van der Waals surface area (Å²) in [6, 6.07) is 11.6. The summed E-state index contributed by atoms with van der Waals surface area (Å²) in [6.45, 7) is 0.396. The summed E-state index contributed by atoms with van der Waals surface area (Å²) in [5.74, 6) is -0.206. The number of hydrogen-bond acceptors (Lipinski definition) is 1. The van der Waals surface area contributed by atoms with Crippen LogP contribution in [0, 0.1) is 5.82 Å². The predicted octanol–water partition coefficient (Wildman–Crippen LogP) is 4.26. The molecule has 0 heterocycles. The monoisotopic (exact) mass is 355 g/mol. The maximum atomic E-state index is 13.0. The van der Waals surface area contributed by atoms with E-state index in [2.05, 4.69) is 21.2 Å². The Labute approximate surface area is 130 Å². The second-order valence-electron chi connectivity index (χ2n) is 4.26. The van der Waals surface area contributed by atoms with E-state index in [1.54, 1.807) is 0 Å². The lowest BCUT2D eigenvalue weighted by Gasteiger charge is -2.08. The van der Waals surface area contributed by atoms with Crippen molar-refractivity contribution < 1.29 is 9.18 Å². The van der Waals surface area contributed by atoms with Gasteiger partial charge in [-0.3, -0.25) is 4.79 Å². The molecular weight excluding hydrogens is 345 g/mol. The first kappa shape index (κ1) is 15.0. The van der Waals surface area contributed by atoms with Gasteiger partial charge in [-0.2, -0.15) is 0 Å². The highest BCUT2D eigenvalue weighted by molar-refractivity contribution is 9.10. The molecule has 20 heavy (non-hydrogen) atoms. The Morgan fingerprint density at radius 1 is 1.20 bits per heavy atom. The topological polar surface area (TPSA) is 29.1 Å². The number of hydrogen-bond donors (Lipinski definition) is 1. The highest BCUT2D eigenvalue weighted by Gasteiger charge is 2.10. The second kappa shape index (κ2) is 6.86. The van der Waals surface area contributed by atoms with Crippen molar-refractivity contribution in [2.24, 2.45) is 0 Å². The summed E-state index contributed by atoms with van der Waals surface area (Å²) in [4.78, 5) is 12.0. The van der Waals surface area contributed by atoms with Crippen molar-refractivity contribution in [3.05, 3.63) is 69.4 Å². The third-order valence-electron chi connectivity index (χ3n) is 2.77. The maximum Gasteiger partial charge on any atom is 0.252 e. The van der Waals surface area contributed by atoms with Gasteiger partial charge in [0.15, 0.2) is 0 Å². The minimum absolute atomic E-state index is 0.256. The van der Waals surface area contributed by atoms with Crippen molar-refractivity contribution in [3.8, 4) is 0 Å². The van der Waals surface area contributed by atoms with Gasteiger partial charge in [-0.05, 0) is 45.3 Å². The van der Waals surface area contributed by atoms with Crippen molar-refractivity contribution in [3.63, 3.8) is 0 Å². The normalized spacial score (nSPS) is 10.3. The van der Waals surface area contributed by atoms with E-state index >= 15 is 0 Å². The molecule has 0 saturated carbocycles. The van der Waals surface area contributed by atoms with Gasteiger partial charge in [0.25, 0.3) is 5.91 Å². The zero-order chi connectivity index (χ0) is 14.5. The lowest BCUT2D eigenvalue weighted by molar-refractivity contribution is 0.0950. The number of nitrogens with one attached hydrogen (secondary N) is 1. The SMILES string of the molecule is O=C(NCc1cccc(CCl)c1)c1ccc(F)cc1Br. The molecule has 0 aliphatic rings. The minimum Gasteiger partial charge on any atom is -0.348 e. The predicted molar refractivity (Wildman–Crippen MR) is 81.3 cm³/mol. The van der Waals surface area contributed by atoms with Gasteiger partial charge in [0.1, 0.15) is 5.82 Å². The molecule has 2 nitrogen and oxygen atoms in total.